The number of aromatic nitrogens is 1. The van der Waals surface area contributed by atoms with Gasteiger partial charge in [-0.05, 0) is 43.7 Å². The lowest BCUT2D eigenvalue weighted by Crippen LogP contribution is -3.28. The summed E-state index contributed by atoms with van der Waals surface area (Å²) < 4.78 is 1.29. The highest BCUT2D eigenvalue weighted by Crippen LogP contribution is 2.35. The Balaban J connectivity index is 1.12. The number of piperidine rings is 1. The third kappa shape index (κ3) is 4.35. The van der Waals surface area contributed by atoms with E-state index >= 15 is 0 Å². The van der Waals surface area contributed by atoms with Crippen LogP contribution in [-0.2, 0) is 11.3 Å². The maximum Gasteiger partial charge on any atom is 0.278 e. The van der Waals surface area contributed by atoms with Gasteiger partial charge in [0.15, 0.2) is 6.54 Å². The molecule has 2 atom stereocenters. The minimum absolute atomic E-state index is 0.422. The van der Waals surface area contributed by atoms with Gasteiger partial charge in [-0.15, -0.1) is 11.3 Å². The molecule has 3 aliphatic rings. The average molecular weight is 415 g/mol. The first-order valence-electron chi connectivity index (χ1n) is 11.6. The fourth-order valence-corrected chi connectivity index (χ4v) is 6.81. The van der Waals surface area contributed by atoms with E-state index in [-0.39, 0.29) is 0 Å². The average Bonchev–Trinajstić information content (AvgIpc) is 3.17. The fraction of sp³-hybridized carbons (Fsp3) is 0.652. The highest BCUT2D eigenvalue weighted by molar-refractivity contribution is 7.18. The summed E-state index contributed by atoms with van der Waals surface area (Å²) in [5, 5.41) is 1.25. The number of nitrogens with zero attached hydrogens (tertiary/aromatic N) is 2. The van der Waals surface area contributed by atoms with Crippen molar-refractivity contribution in [2.45, 2.75) is 51.1 Å². The fourth-order valence-electron chi connectivity index (χ4n) is 5.77. The Morgan fingerprint density at radius 2 is 1.79 bits per heavy atom. The van der Waals surface area contributed by atoms with Crippen molar-refractivity contribution >= 4 is 27.5 Å². The van der Waals surface area contributed by atoms with Crippen molar-refractivity contribution < 1.29 is 14.6 Å². The molecule has 1 saturated carbocycles. The first-order valence-corrected chi connectivity index (χ1v) is 12.4. The molecular weight excluding hydrogens is 380 g/mol. The number of hydrogen-bond donors (Lipinski definition) is 2. The van der Waals surface area contributed by atoms with Gasteiger partial charge in [-0.2, -0.15) is 0 Å². The zero-order chi connectivity index (χ0) is 19.6. The predicted molar refractivity (Wildman–Crippen MR) is 116 cm³/mol. The molecule has 6 heteroatoms. The molecular formula is C23H34N4OS+2. The highest BCUT2D eigenvalue weighted by atomic mass is 32.1. The van der Waals surface area contributed by atoms with Gasteiger partial charge in [0, 0.05) is 12.6 Å². The van der Waals surface area contributed by atoms with Crippen molar-refractivity contribution in [2.75, 3.05) is 39.3 Å². The van der Waals surface area contributed by atoms with E-state index in [1.165, 1.54) is 53.1 Å². The van der Waals surface area contributed by atoms with Crippen molar-refractivity contribution in [3.63, 3.8) is 0 Å². The van der Waals surface area contributed by atoms with Crippen molar-refractivity contribution in [1.29, 1.82) is 0 Å². The number of rotatable bonds is 4. The summed E-state index contributed by atoms with van der Waals surface area (Å²) in [7, 11) is 0. The number of fused-ring (bicyclic) bond motifs is 2. The molecule has 0 bridgehead atoms. The topological polar surface area (TPSA) is 42.1 Å². The zero-order valence-electron chi connectivity index (χ0n) is 17.4. The summed E-state index contributed by atoms with van der Waals surface area (Å²) in [6.07, 6.45) is 7.82. The lowest BCUT2D eigenvalue weighted by Gasteiger charge is -2.44. The van der Waals surface area contributed by atoms with Crippen LogP contribution in [0.5, 0.6) is 0 Å². The maximum absolute atomic E-state index is 13.1. The van der Waals surface area contributed by atoms with Gasteiger partial charge in [0.05, 0.1) is 10.2 Å². The second-order valence-electron chi connectivity index (χ2n) is 9.27. The SMILES string of the molecule is O=C(C[NH+]1CC[NH+](Cc2nc3ccccc3s2)CC1)N1CCC[C@@H]2CCCC[C@H]21. The quantitative estimate of drug-likeness (QED) is 0.776. The van der Waals surface area contributed by atoms with Gasteiger partial charge < -0.3 is 14.7 Å². The Labute approximate surface area is 177 Å². The lowest BCUT2D eigenvalue weighted by atomic mass is 9.78. The first-order chi connectivity index (χ1) is 14.3. The van der Waals surface area contributed by atoms with Crippen LogP contribution in [0.1, 0.15) is 43.5 Å². The number of thiazole rings is 1. The number of piperazine rings is 1. The Morgan fingerprint density at radius 3 is 2.66 bits per heavy atom. The lowest BCUT2D eigenvalue weighted by molar-refractivity contribution is -1.02. The summed E-state index contributed by atoms with van der Waals surface area (Å²) in [6.45, 7) is 7.23. The van der Waals surface area contributed by atoms with Crippen LogP contribution in [-0.4, -0.2) is 61.1 Å². The van der Waals surface area contributed by atoms with Crippen molar-refractivity contribution in [1.82, 2.24) is 9.88 Å². The summed E-state index contributed by atoms with van der Waals surface area (Å²) in [6, 6.07) is 8.98. The van der Waals surface area contributed by atoms with Crippen LogP contribution in [0.25, 0.3) is 10.2 Å². The van der Waals surface area contributed by atoms with E-state index in [1.54, 1.807) is 4.90 Å². The van der Waals surface area contributed by atoms with Crippen LogP contribution in [0.2, 0.25) is 0 Å². The number of nitrogens with one attached hydrogen (secondary N) is 2. The third-order valence-electron chi connectivity index (χ3n) is 7.37. The zero-order valence-corrected chi connectivity index (χ0v) is 18.2. The molecule has 3 fully saturated rings. The first kappa shape index (κ1) is 19.5. The van der Waals surface area contributed by atoms with E-state index in [0.717, 1.165) is 50.7 Å². The van der Waals surface area contributed by atoms with Crippen LogP contribution in [0.4, 0.5) is 0 Å². The Kier molecular flexibility index (Phi) is 5.84. The summed E-state index contributed by atoms with van der Waals surface area (Å²) in [4.78, 5) is 23.3. The molecule has 5 nitrogen and oxygen atoms in total. The second kappa shape index (κ2) is 8.70. The van der Waals surface area contributed by atoms with E-state index < -0.39 is 0 Å². The minimum atomic E-state index is 0.422. The number of amides is 1. The molecule has 3 heterocycles. The van der Waals surface area contributed by atoms with Gasteiger partial charge in [-0.1, -0.05) is 25.0 Å². The number of carbonyl (C=O) groups is 1. The molecule has 0 unspecified atom stereocenters. The maximum atomic E-state index is 13.1. The molecule has 2 N–H and O–H groups in total. The molecule has 156 valence electrons. The number of benzene rings is 1. The van der Waals surface area contributed by atoms with E-state index in [1.807, 2.05) is 11.3 Å². The van der Waals surface area contributed by atoms with Gasteiger partial charge in [0.25, 0.3) is 5.91 Å². The van der Waals surface area contributed by atoms with Gasteiger partial charge in [0.2, 0.25) is 0 Å². The predicted octanol–water partition coefficient (Wildman–Crippen LogP) is 0.761. The van der Waals surface area contributed by atoms with Crippen molar-refractivity contribution in [3.05, 3.63) is 29.3 Å². The normalized spacial score (nSPS) is 30.3. The van der Waals surface area contributed by atoms with Crippen molar-refractivity contribution in [2.24, 2.45) is 5.92 Å². The van der Waals surface area contributed by atoms with E-state index in [4.69, 9.17) is 4.98 Å². The smallest absolute Gasteiger partial charge is 0.278 e. The number of likely N-dealkylation sites (tertiary alicyclic amines) is 1. The molecule has 29 heavy (non-hydrogen) atoms. The largest absolute Gasteiger partial charge is 0.335 e. The van der Waals surface area contributed by atoms with Gasteiger partial charge in [-0.25, -0.2) is 4.98 Å². The van der Waals surface area contributed by atoms with Crippen LogP contribution < -0.4 is 9.80 Å². The molecule has 1 amide bonds. The van der Waals surface area contributed by atoms with Gasteiger partial charge >= 0.3 is 0 Å². The van der Waals surface area contributed by atoms with Gasteiger partial charge in [0.1, 0.15) is 37.7 Å². The number of quaternary nitrogens is 2. The molecule has 2 saturated heterocycles. The number of carbonyl (C=O) groups excluding carboxylic acids is 1. The Morgan fingerprint density at radius 1 is 1.03 bits per heavy atom. The summed E-state index contributed by atoms with van der Waals surface area (Å²) in [5.74, 6) is 1.21. The van der Waals surface area contributed by atoms with Crippen LogP contribution in [0.3, 0.4) is 0 Å². The summed E-state index contributed by atoms with van der Waals surface area (Å²) in [5.41, 5.74) is 1.13. The standard InChI is InChI=1S/C23H32N4OS/c28-23(27-11-5-7-18-6-1-3-9-20(18)27)17-26-14-12-25(13-15-26)16-22-24-19-8-2-4-10-21(19)29-22/h2,4,8,10,18,20H,1,3,5-7,9,11-17H2/p+2/t18-,20+/m0/s1. The molecule has 0 spiro atoms. The van der Waals surface area contributed by atoms with Crippen LogP contribution in [0, 0.1) is 5.92 Å². The Bertz CT molecular complexity index is 809. The molecule has 0 radical (unpaired) electrons. The molecule has 5 rings (SSSR count). The van der Waals surface area contributed by atoms with E-state index in [0.29, 0.717) is 18.5 Å². The second-order valence-corrected chi connectivity index (χ2v) is 10.4. The summed E-state index contributed by atoms with van der Waals surface area (Å²) >= 11 is 1.83. The molecule has 1 aliphatic carbocycles. The minimum Gasteiger partial charge on any atom is -0.335 e. The monoisotopic (exact) mass is 414 g/mol. The van der Waals surface area contributed by atoms with Gasteiger partial charge in [-0.3, -0.25) is 4.79 Å². The molecule has 2 aromatic rings. The highest BCUT2D eigenvalue weighted by Gasteiger charge is 2.37. The number of hydrogen-bond acceptors (Lipinski definition) is 3. The number of para-hydroxylation sites is 1. The van der Waals surface area contributed by atoms with Crippen LogP contribution in [0.15, 0.2) is 24.3 Å². The molecule has 2 aliphatic heterocycles. The molecule has 1 aromatic heterocycles. The van der Waals surface area contributed by atoms with E-state index in [2.05, 4.69) is 29.2 Å². The van der Waals surface area contributed by atoms with Crippen LogP contribution >= 0.6 is 11.3 Å². The Hall–Kier alpha value is -1.50. The van der Waals surface area contributed by atoms with Crippen molar-refractivity contribution in [3.8, 4) is 0 Å². The molecule has 1 aromatic carbocycles. The third-order valence-corrected chi connectivity index (χ3v) is 8.40. The van der Waals surface area contributed by atoms with E-state index in [9.17, 15) is 4.79 Å².